The van der Waals surface area contributed by atoms with Gasteiger partial charge in [0.1, 0.15) is 5.56 Å². The third-order valence-corrected chi connectivity index (χ3v) is 4.58. The Hall–Kier alpha value is -2.45. The van der Waals surface area contributed by atoms with Gasteiger partial charge in [0.15, 0.2) is 0 Å². The molecule has 1 aliphatic heterocycles. The van der Waals surface area contributed by atoms with E-state index < -0.39 is 46.0 Å². The molecule has 0 N–H and O–H groups in total. The number of nitro groups is 1. The smallest absolute Gasteiger partial charge is 0.274 e. The zero-order valence-electron chi connectivity index (χ0n) is 12.4. The highest BCUT2D eigenvalue weighted by atomic mass is 19.4. The molecule has 2 amide bonds. The van der Waals surface area contributed by atoms with E-state index in [-0.39, 0.29) is 5.69 Å². The fourth-order valence-electron chi connectivity index (χ4n) is 3.47. The van der Waals surface area contributed by atoms with Crippen molar-refractivity contribution in [2.24, 2.45) is 11.8 Å². The van der Waals surface area contributed by atoms with Gasteiger partial charge in [-0.25, -0.2) is 0 Å². The van der Waals surface area contributed by atoms with Gasteiger partial charge in [0, 0.05) is 6.07 Å². The van der Waals surface area contributed by atoms with Crippen molar-refractivity contribution >= 4 is 23.2 Å². The van der Waals surface area contributed by atoms with Crippen molar-refractivity contribution in [3.05, 3.63) is 33.9 Å². The number of hydrogen-bond donors (Lipinski definition) is 0. The Morgan fingerprint density at radius 2 is 1.62 bits per heavy atom. The molecule has 0 bridgehead atoms. The second-order valence-corrected chi connectivity index (χ2v) is 5.97. The number of hydrogen-bond acceptors (Lipinski definition) is 4. The van der Waals surface area contributed by atoms with Crippen molar-refractivity contribution in [2.45, 2.75) is 31.9 Å². The first-order chi connectivity index (χ1) is 11.2. The zero-order chi connectivity index (χ0) is 17.6. The number of carbonyl (C=O) groups excluding carboxylic acids is 2. The average molecular weight is 342 g/mol. The van der Waals surface area contributed by atoms with Crippen LogP contribution in [0, 0.1) is 22.0 Å². The van der Waals surface area contributed by atoms with Crippen molar-refractivity contribution < 1.29 is 27.7 Å². The second kappa shape index (κ2) is 5.57. The molecule has 1 saturated heterocycles. The summed E-state index contributed by atoms with van der Waals surface area (Å²) >= 11 is 0. The number of halogens is 3. The van der Waals surface area contributed by atoms with Crippen LogP contribution in [0.5, 0.6) is 0 Å². The molecule has 128 valence electrons. The number of rotatable bonds is 2. The summed E-state index contributed by atoms with van der Waals surface area (Å²) in [7, 11) is 0. The minimum absolute atomic E-state index is 0.266. The van der Waals surface area contributed by atoms with E-state index in [1.54, 1.807) is 0 Å². The Bertz CT molecular complexity index is 708. The van der Waals surface area contributed by atoms with Gasteiger partial charge in [0.05, 0.1) is 22.4 Å². The van der Waals surface area contributed by atoms with Gasteiger partial charge in [0.2, 0.25) is 11.8 Å². The molecular formula is C15H13F3N2O4. The van der Waals surface area contributed by atoms with E-state index >= 15 is 0 Å². The van der Waals surface area contributed by atoms with E-state index in [0.717, 1.165) is 23.8 Å². The summed E-state index contributed by atoms with van der Waals surface area (Å²) in [5, 5.41) is 10.8. The van der Waals surface area contributed by atoms with Crippen LogP contribution < -0.4 is 4.90 Å². The number of imide groups is 1. The zero-order valence-corrected chi connectivity index (χ0v) is 12.4. The average Bonchev–Trinajstić information content (AvgIpc) is 2.78. The molecule has 2 unspecified atom stereocenters. The van der Waals surface area contributed by atoms with Gasteiger partial charge >= 0.3 is 6.18 Å². The topological polar surface area (TPSA) is 80.5 Å². The number of amides is 2. The molecule has 24 heavy (non-hydrogen) atoms. The maximum atomic E-state index is 13.1. The molecule has 0 spiro atoms. The van der Waals surface area contributed by atoms with Crippen molar-refractivity contribution in [2.75, 3.05) is 4.90 Å². The molecule has 0 radical (unpaired) electrons. The molecule has 9 heteroatoms. The molecule has 1 saturated carbocycles. The lowest BCUT2D eigenvalue weighted by Crippen LogP contribution is -2.31. The highest BCUT2D eigenvalue weighted by molar-refractivity contribution is 6.22. The van der Waals surface area contributed by atoms with Crippen molar-refractivity contribution in [1.82, 2.24) is 0 Å². The molecule has 3 rings (SSSR count). The molecular weight excluding hydrogens is 329 g/mol. The molecule has 2 aliphatic rings. The van der Waals surface area contributed by atoms with E-state index in [0.29, 0.717) is 25.0 Å². The van der Waals surface area contributed by atoms with Gasteiger partial charge in [-0.1, -0.05) is 12.8 Å². The molecule has 0 aromatic heterocycles. The van der Waals surface area contributed by atoms with E-state index in [1.165, 1.54) is 0 Å². The lowest BCUT2D eigenvalue weighted by Gasteiger charge is -2.19. The van der Waals surface area contributed by atoms with Gasteiger partial charge < -0.3 is 0 Å². The number of fused-ring (bicyclic) bond motifs is 1. The van der Waals surface area contributed by atoms with Gasteiger partial charge in [-0.3, -0.25) is 24.6 Å². The first-order valence-corrected chi connectivity index (χ1v) is 7.45. The van der Waals surface area contributed by atoms with Crippen LogP contribution in [-0.4, -0.2) is 16.7 Å². The molecule has 1 aromatic carbocycles. The van der Waals surface area contributed by atoms with Crippen LogP contribution in [0.4, 0.5) is 24.5 Å². The molecule has 2 atom stereocenters. The molecule has 1 aliphatic carbocycles. The van der Waals surface area contributed by atoms with Gasteiger partial charge in [-0.05, 0) is 25.0 Å². The van der Waals surface area contributed by atoms with Crippen LogP contribution in [0.15, 0.2) is 18.2 Å². The first kappa shape index (κ1) is 16.4. The standard InChI is InChI=1S/C15H13F3N2O4/c16-15(17,18)11-7-8(5-6-12(11)20(23)24)19-13(21)9-3-1-2-4-10(9)14(19)22/h5-7,9-10H,1-4H2. The quantitative estimate of drug-likeness (QED) is 0.469. The summed E-state index contributed by atoms with van der Waals surface area (Å²) in [5.41, 5.74) is -2.85. The lowest BCUT2D eigenvalue weighted by molar-refractivity contribution is -0.388. The summed E-state index contributed by atoms with van der Waals surface area (Å²) in [6.07, 6.45) is -2.31. The fraction of sp³-hybridized carbons (Fsp3) is 0.467. The van der Waals surface area contributed by atoms with Crippen LogP contribution in [0.25, 0.3) is 0 Å². The second-order valence-electron chi connectivity index (χ2n) is 5.97. The van der Waals surface area contributed by atoms with E-state index in [1.807, 2.05) is 0 Å². The highest BCUT2D eigenvalue weighted by Crippen LogP contribution is 2.43. The summed E-state index contributed by atoms with van der Waals surface area (Å²) in [4.78, 5) is 35.2. The van der Waals surface area contributed by atoms with Crippen molar-refractivity contribution in [3.63, 3.8) is 0 Å². The summed E-state index contributed by atoms with van der Waals surface area (Å²) < 4.78 is 39.2. The monoisotopic (exact) mass is 342 g/mol. The van der Waals surface area contributed by atoms with Gasteiger partial charge in [-0.2, -0.15) is 13.2 Å². The third-order valence-electron chi connectivity index (χ3n) is 4.58. The number of carbonyl (C=O) groups is 2. The Kier molecular flexibility index (Phi) is 3.81. The molecule has 2 fully saturated rings. The van der Waals surface area contributed by atoms with Crippen LogP contribution in [-0.2, 0) is 15.8 Å². The fourth-order valence-corrected chi connectivity index (χ4v) is 3.47. The lowest BCUT2D eigenvalue weighted by atomic mass is 9.81. The van der Waals surface area contributed by atoms with Crippen LogP contribution >= 0.6 is 0 Å². The van der Waals surface area contributed by atoms with Crippen molar-refractivity contribution in [3.8, 4) is 0 Å². The number of benzene rings is 1. The van der Waals surface area contributed by atoms with Gasteiger partial charge in [-0.15, -0.1) is 0 Å². The summed E-state index contributed by atoms with van der Waals surface area (Å²) in [6.45, 7) is 0. The number of nitro benzene ring substituents is 1. The van der Waals surface area contributed by atoms with Crippen molar-refractivity contribution in [1.29, 1.82) is 0 Å². The highest BCUT2D eigenvalue weighted by Gasteiger charge is 2.49. The predicted octanol–water partition coefficient (Wildman–Crippen LogP) is 3.29. The first-order valence-electron chi connectivity index (χ1n) is 7.45. The minimum atomic E-state index is -4.96. The predicted molar refractivity (Wildman–Crippen MR) is 76.0 cm³/mol. The maximum absolute atomic E-state index is 13.1. The normalized spacial score (nSPS) is 24.2. The van der Waals surface area contributed by atoms with E-state index in [2.05, 4.69) is 0 Å². The number of alkyl halides is 3. The summed E-state index contributed by atoms with van der Waals surface area (Å²) in [6, 6.07) is 2.20. The minimum Gasteiger partial charge on any atom is -0.274 e. The van der Waals surface area contributed by atoms with Crippen LogP contribution in [0.1, 0.15) is 31.2 Å². The number of anilines is 1. The maximum Gasteiger partial charge on any atom is 0.423 e. The van der Waals surface area contributed by atoms with E-state index in [9.17, 15) is 32.9 Å². The molecule has 1 aromatic rings. The van der Waals surface area contributed by atoms with Crippen LogP contribution in [0.3, 0.4) is 0 Å². The molecule has 1 heterocycles. The molecule has 6 nitrogen and oxygen atoms in total. The van der Waals surface area contributed by atoms with Crippen LogP contribution in [0.2, 0.25) is 0 Å². The Balaban J connectivity index is 2.05. The largest absolute Gasteiger partial charge is 0.423 e. The van der Waals surface area contributed by atoms with Gasteiger partial charge in [0.25, 0.3) is 5.69 Å². The number of nitrogens with zero attached hydrogens (tertiary/aromatic N) is 2. The Morgan fingerprint density at radius 3 is 2.08 bits per heavy atom. The third kappa shape index (κ3) is 2.53. The Labute approximate surface area is 134 Å². The SMILES string of the molecule is O=C1C2CCCCC2C(=O)N1c1ccc([N+](=O)[O-])c(C(F)(F)F)c1. The Morgan fingerprint density at radius 1 is 1.08 bits per heavy atom. The van der Waals surface area contributed by atoms with E-state index in [4.69, 9.17) is 0 Å². The summed E-state index contributed by atoms with van der Waals surface area (Å²) in [5.74, 6) is -2.05.